The lowest BCUT2D eigenvalue weighted by Crippen LogP contribution is -2.42. The molecule has 0 amide bonds. The second-order valence-electron chi connectivity index (χ2n) is 4.59. The zero-order valence-corrected chi connectivity index (χ0v) is 10.9. The van der Waals surface area contributed by atoms with Crippen LogP contribution >= 0.6 is 11.6 Å². The number of rotatable bonds is 3. The molecule has 0 aliphatic carbocycles. The molecular weight excluding hydrogens is 236 g/mol. The molecule has 94 valence electrons. The molecular formula is C13H19ClN2O. The van der Waals surface area contributed by atoms with Gasteiger partial charge in [-0.15, -0.1) is 0 Å². The van der Waals surface area contributed by atoms with E-state index in [1.165, 1.54) is 6.42 Å². The molecule has 0 spiro atoms. The molecule has 4 heteroatoms. The Morgan fingerprint density at radius 1 is 1.53 bits per heavy atom. The van der Waals surface area contributed by atoms with Gasteiger partial charge in [0.1, 0.15) is 5.75 Å². The maximum atomic E-state index is 6.20. The van der Waals surface area contributed by atoms with E-state index in [4.69, 9.17) is 22.1 Å². The Bertz CT molecular complexity index is 384. The number of hydrogen-bond acceptors (Lipinski definition) is 3. The van der Waals surface area contributed by atoms with E-state index in [0.29, 0.717) is 6.04 Å². The topological polar surface area (TPSA) is 38.5 Å². The van der Waals surface area contributed by atoms with Gasteiger partial charge in [0, 0.05) is 24.2 Å². The lowest BCUT2D eigenvalue weighted by Gasteiger charge is -2.30. The van der Waals surface area contributed by atoms with Crippen LogP contribution in [0.1, 0.15) is 18.4 Å². The zero-order valence-electron chi connectivity index (χ0n) is 10.2. The first-order valence-corrected chi connectivity index (χ1v) is 6.37. The summed E-state index contributed by atoms with van der Waals surface area (Å²) in [5.41, 5.74) is 7.08. The number of halogens is 1. The summed E-state index contributed by atoms with van der Waals surface area (Å²) in [6, 6.07) is 6.07. The van der Waals surface area contributed by atoms with Crippen molar-refractivity contribution in [1.82, 2.24) is 4.90 Å². The Balaban J connectivity index is 2.06. The lowest BCUT2D eigenvalue weighted by molar-refractivity contribution is 0.201. The van der Waals surface area contributed by atoms with E-state index in [2.05, 4.69) is 4.90 Å². The first-order chi connectivity index (χ1) is 8.19. The summed E-state index contributed by atoms with van der Waals surface area (Å²) in [6.07, 6.45) is 2.30. The molecule has 17 heavy (non-hydrogen) atoms. The summed E-state index contributed by atoms with van der Waals surface area (Å²) < 4.78 is 5.22. The van der Waals surface area contributed by atoms with Gasteiger partial charge in [0.15, 0.2) is 0 Å². The van der Waals surface area contributed by atoms with E-state index >= 15 is 0 Å². The number of benzene rings is 1. The summed E-state index contributed by atoms with van der Waals surface area (Å²) in [5, 5.41) is 0.796. The van der Waals surface area contributed by atoms with Gasteiger partial charge in [-0.2, -0.15) is 0 Å². The minimum absolute atomic E-state index is 0.299. The summed E-state index contributed by atoms with van der Waals surface area (Å²) in [7, 11) is 1.67. The molecule has 1 heterocycles. The normalized spacial score (nSPS) is 21.5. The van der Waals surface area contributed by atoms with Crippen molar-refractivity contribution in [2.24, 2.45) is 5.73 Å². The molecule has 1 unspecified atom stereocenters. The van der Waals surface area contributed by atoms with Crippen molar-refractivity contribution in [2.75, 3.05) is 20.2 Å². The Morgan fingerprint density at radius 3 is 3.06 bits per heavy atom. The second-order valence-corrected chi connectivity index (χ2v) is 5.00. The molecule has 0 saturated carbocycles. The van der Waals surface area contributed by atoms with Gasteiger partial charge >= 0.3 is 0 Å². The SMILES string of the molecule is COc1ccc(Cl)c(CN2CCCC(N)C2)c1. The quantitative estimate of drug-likeness (QED) is 0.899. The lowest BCUT2D eigenvalue weighted by atomic mass is 10.1. The molecule has 1 fully saturated rings. The highest BCUT2D eigenvalue weighted by atomic mass is 35.5. The Hall–Kier alpha value is -0.770. The minimum Gasteiger partial charge on any atom is -0.497 e. The average molecular weight is 255 g/mol. The monoisotopic (exact) mass is 254 g/mol. The number of ether oxygens (including phenoxy) is 1. The molecule has 1 atom stereocenters. The fourth-order valence-electron chi connectivity index (χ4n) is 2.28. The summed E-state index contributed by atoms with van der Waals surface area (Å²) in [6.45, 7) is 2.90. The van der Waals surface area contributed by atoms with Gasteiger partial charge in [-0.25, -0.2) is 0 Å². The van der Waals surface area contributed by atoms with E-state index in [-0.39, 0.29) is 0 Å². The molecule has 1 saturated heterocycles. The number of likely N-dealkylation sites (tertiary alicyclic amines) is 1. The number of methoxy groups -OCH3 is 1. The Labute approximate surface area is 107 Å². The van der Waals surface area contributed by atoms with Crippen LogP contribution in [0.5, 0.6) is 5.75 Å². The summed E-state index contributed by atoms with van der Waals surface area (Å²) in [5.74, 6) is 0.853. The van der Waals surface area contributed by atoms with E-state index < -0.39 is 0 Å². The molecule has 1 aromatic carbocycles. The highest BCUT2D eigenvalue weighted by Gasteiger charge is 2.17. The van der Waals surface area contributed by atoms with Gasteiger partial charge in [0.05, 0.1) is 7.11 Å². The Morgan fingerprint density at radius 2 is 2.35 bits per heavy atom. The van der Waals surface area contributed by atoms with Crippen molar-refractivity contribution in [3.63, 3.8) is 0 Å². The van der Waals surface area contributed by atoms with E-state index in [0.717, 1.165) is 42.4 Å². The third-order valence-corrected chi connectivity index (χ3v) is 3.56. The van der Waals surface area contributed by atoms with Crippen LogP contribution in [-0.4, -0.2) is 31.1 Å². The van der Waals surface area contributed by atoms with Crippen molar-refractivity contribution in [3.05, 3.63) is 28.8 Å². The van der Waals surface area contributed by atoms with Gasteiger partial charge in [-0.1, -0.05) is 11.6 Å². The first-order valence-electron chi connectivity index (χ1n) is 5.99. The highest BCUT2D eigenvalue weighted by molar-refractivity contribution is 6.31. The molecule has 1 aliphatic rings. The van der Waals surface area contributed by atoms with Crippen molar-refractivity contribution in [3.8, 4) is 5.75 Å². The largest absolute Gasteiger partial charge is 0.497 e. The van der Waals surface area contributed by atoms with E-state index in [1.807, 2.05) is 18.2 Å². The van der Waals surface area contributed by atoms with Crippen LogP contribution in [-0.2, 0) is 6.54 Å². The van der Waals surface area contributed by atoms with Crippen LogP contribution in [0.3, 0.4) is 0 Å². The number of hydrogen-bond donors (Lipinski definition) is 1. The molecule has 3 nitrogen and oxygen atoms in total. The number of nitrogens with two attached hydrogens (primary N) is 1. The molecule has 1 aromatic rings. The summed E-state index contributed by atoms with van der Waals surface area (Å²) in [4.78, 5) is 2.36. The number of piperidine rings is 1. The van der Waals surface area contributed by atoms with Crippen LogP contribution in [0.25, 0.3) is 0 Å². The van der Waals surface area contributed by atoms with Crippen molar-refractivity contribution in [1.29, 1.82) is 0 Å². The van der Waals surface area contributed by atoms with Crippen LogP contribution in [0.4, 0.5) is 0 Å². The maximum absolute atomic E-state index is 6.20. The van der Waals surface area contributed by atoms with Crippen molar-refractivity contribution in [2.45, 2.75) is 25.4 Å². The third kappa shape index (κ3) is 3.35. The van der Waals surface area contributed by atoms with Crippen LogP contribution in [0.2, 0.25) is 5.02 Å². The van der Waals surface area contributed by atoms with Gasteiger partial charge in [0.25, 0.3) is 0 Å². The predicted octanol–water partition coefficient (Wildman–Crippen LogP) is 2.27. The van der Waals surface area contributed by atoms with Gasteiger partial charge in [-0.3, -0.25) is 4.90 Å². The summed E-state index contributed by atoms with van der Waals surface area (Å²) >= 11 is 6.20. The second kappa shape index (κ2) is 5.71. The molecule has 2 rings (SSSR count). The molecule has 0 bridgehead atoms. The van der Waals surface area contributed by atoms with Crippen LogP contribution < -0.4 is 10.5 Å². The van der Waals surface area contributed by atoms with Gasteiger partial charge < -0.3 is 10.5 Å². The smallest absolute Gasteiger partial charge is 0.119 e. The standard InChI is InChI=1S/C13H19ClN2O/c1-17-12-4-5-13(14)10(7-12)8-16-6-2-3-11(15)9-16/h4-5,7,11H,2-3,6,8-9,15H2,1H3. The highest BCUT2D eigenvalue weighted by Crippen LogP contribution is 2.24. The third-order valence-electron chi connectivity index (χ3n) is 3.19. The zero-order chi connectivity index (χ0) is 12.3. The fourth-order valence-corrected chi connectivity index (χ4v) is 2.45. The van der Waals surface area contributed by atoms with Crippen molar-refractivity contribution >= 4 is 11.6 Å². The maximum Gasteiger partial charge on any atom is 0.119 e. The van der Waals surface area contributed by atoms with Crippen molar-refractivity contribution < 1.29 is 4.74 Å². The molecule has 2 N–H and O–H groups in total. The van der Waals surface area contributed by atoms with Gasteiger partial charge in [0.2, 0.25) is 0 Å². The molecule has 1 aliphatic heterocycles. The van der Waals surface area contributed by atoms with Crippen LogP contribution in [0.15, 0.2) is 18.2 Å². The predicted molar refractivity (Wildman–Crippen MR) is 70.5 cm³/mol. The minimum atomic E-state index is 0.299. The van der Waals surface area contributed by atoms with Crippen LogP contribution in [0, 0.1) is 0 Å². The molecule has 0 aromatic heterocycles. The number of nitrogens with zero attached hydrogens (tertiary/aromatic N) is 1. The molecule has 0 radical (unpaired) electrons. The van der Waals surface area contributed by atoms with Gasteiger partial charge in [-0.05, 0) is 43.1 Å². The van der Waals surface area contributed by atoms with E-state index in [1.54, 1.807) is 7.11 Å². The van der Waals surface area contributed by atoms with E-state index in [9.17, 15) is 0 Å². The Kier molecular flexibility index (Phi) is 4.26. The average Bonchev–Trinajstić information content (AvgIpc) is 2.32. The fraction of sp³-hybridized carbons (Fsp3) is 0.538. The first kappa shape index (κ1) is 12.7.